The monoisotopic (exact) mass is 406 g/mol. The molecule has 1 atom stereocenters. The van der Waals surface area contributed by atoms with Crippen LogP contribution < -0.4 is 4.90 Å². The molecule has 0 N–H and O–H groups in total. The zero-order valence-electron chi connectivity index (χ0n) is 15.8. The van der Waals surface area contributed by atoms with Crippen molar-refractivity contribution in [2.75, 3.05) is 29.5 Å². The van der Waals surface area contributed by atoms with Gasteiger partial charge in [0.1, 0.15) is 0 Å². The molecule has 3 rings (SSSR count). The summed E-state index contributed by atoms with van der Waals surface area (Å²) < 4.78 is 23.9. The maximum absolute atomic E-state index is 13.0. The Bertz CT molecular complexity index is 857. The van der Waals surface area contributed by atoms with Crippen LogP contribution in [0.3, 0.4) is 0 Å². The summed E-state index contributed by atoms with van der Waals surface area (Å²) in [6.45, 7) is 6.56. The molecule has 0 spiro atoms. The number of sulfone groups is 1. The van der Waals surface area contributed by atoms with Crippen LogP contribution in [0.1, 0.15) is 35.5 Å². The second kappa shape index (κ2) is 8.44. The predicted octanol–water partition coefficient (Wildman–Crippen LogP) is 3.42. The van der Waals surface area contributed by atoms with Gasteiger partial charge in [0.2, 0.25) is 0 Å². The molecule has 0 saturated carbocycles. The molecular formula is C20H26N2O3S2. The van der Waals surface area contributed by atoms with Gasteiger partial charge in [0.15, 0.2) is 9.84 Å². The van der Waals surface area contributed by atoms with Gasteiger partial charge in [-0.2, -0.15) is 0 Å². The van der Waals surface area contributed by atoms with Gasteiger partial charge in [-0.25, -0.2) is 8.42 Å². The molecule has 1 fully saturated rings. The van der Waals surface area contributed by atoms with Gasteiger partial charge in [0.05, 0.1) is 16.4 Å². The van der Waals surface area contributed by atoms with Gasteiger partial charge in [0, 0.05) is 31.4 Å². The lowest BCUT2D eigenvalue weighted by Crippen LogP contribution is -2.40. The first-order chi connectivity index (χ1) is 12.9. The smallest absolute Gasteiger partial charge is 0.264 e. The number of hydrogen-bond acceptors (Lipinski definition) is 5. The summed E-state index contributed by atoms with van der Waals surface area (Å²) in [7, 11) is -3.06. The van der Waals surface area contributed by atoms with Gasteiger partial charge >= 0.3 is 0 Å². The van der Waals surface area contributed by atoms with Gasteiger partial charge in [0.25, 0.3) is 5.91 Å². The highest BCUT2D eigenvalue weighted by molar-refractivity contribution is 7.91. The van der Waals surface area contributed by atoms with Crippen molar-refractivity contribution in [3.8, 4) is 0 Å². The molecule has 0 aliphatic carbocycles. The number of carbonyl (C=O) groups excluding carboxylic acids is 1. The third-order valence-corrected chi connectivity index (χ3v) is 7.67. The van der Waals surface area contributed by atoms with E-state index in [4.69, 9.17) is 0 Å². The topological polar surface area (TPSA) is 57.7 Å². The minimum atomic E-state index is -3.06. The molecule has 146 valence electrons. The number of thiophene rings is 1. The largest absolute Gasteiger partial charge is 0.372 e. The third kappa shape index (κ3) is 4.71. The summed E-state index contributed by atoms with van der Waals surface area (Å²) in [5.41, 5.74) is 2.17. The van der Waals surface area contributed by atoms with E-state index in [-0.39, 0.29) is 23.5 Å². The number of nitrogens with zero attached hydrogens (tertiary/aromatic N) is 2. The lowest BCUT2D eigenvalue weighted by atomic mass is 10.1. The van der Waals surface area contributed by atoms with Gasteiger partial charge in [-0.3, -0.25) is 4.79 Å². The number of hydrogen-bond donors (Lipinski definition) is 0. The summed E-state index contributed by atoms with van der Waals surface area (Å²) in [6, 6.07) is 11.6. The molecule has 1 aliphatic heterocycles. The van der Waals surface area contributed by atoms with Crippen LogP contribution in [0.2, 0.25) is 0 Å². The zero-order valence-corrected chi connectivity index (χ0v) is 17.4. The molecule has 1 aliphatic rings. The first-order valence-electron chi connectivity index (χ1n) is 9.32. The molecule has 1 aromatic carbocycles. The van der Waals surface area contributed by atoms with Crippen molar-refractivity contribution in [3.63, 3.8) is 0 Å². The summed E-state index contributed by atoms with van der Waals surface area (Å²) in [6.07, 6.45) is 0.511. The van der Waals surface area contributed by atoms with Crippen molar-refractivity contribution < 1.29 is 13.2 Å². The fourth-order valence-electron chi connectivity index (χ4n) is 3.53. The van der Waals surface area contributed by atoms with Crippen LogP contribution in [0.5, 0.6) is 0 Å². The van der Waals surface area contributed by atoms with Crippen LogP contribution in [0.4, 0.5) is 5.69 Å². The normalized spacial score (nSPS) is 18.4. The maximum atomic E-state index is 13.0. The Kier molecular flexibility index (Phi) is 6.22. The van der Waals surface area contributed by atoms with Crippen molar-refractivity contribution in [3.05, 3.63) is 52.2 Å². The lowest BCUT2D eigenvalue weighted by Gasteiger charge is -2.28. The van der Waals surface area contributed by atoms with Crippen LogP contribution in [-0.2, 0) is 16.4 Å². The Balaban J connectivity index is 1.82. The highest BCUT2D eigenvalue weighted by atomic mass is 32.2. The Labute approximate surface area is 165 Å². The Morgan fingerprint density at radius 2 is 1.85 bits per heavy atom. The van der Waals surface area contributed by atoms with Crippen LogP contribution in [0.25, 0.3) is 0 Å². The van der Waals surface area contributed by atoms with E-state index in [9.17, 15) is 13.2 Å². The van der Waals surface area contributed by atoms with Crippen LogP contribution in [0, 0.1) is 0 Å². The maximum Gasteiger partial charge on any atom is 0.264 e. The van der Waals surface area contributed by atoms with Gasteiger partial charge in [-0.15, -0.1) is 11.3 Å². The van der Waals surface area contributed by atoms with E-state index in [2.05, 4.69) is 30.9 Å². The van der Waals surface area contributed by atoms with Crippen LogP contribution >= 0.6 is 11.3 Å². The van der Waals surface area contributed by atoms with E-state index in [0.29, 0.717) is 17.8 Å². The minimum absolute atomic E-state index is 0.0572. The fourth-order valence-corrected chi connectivity index (χ4v) is 5.94. The Morgan fingerprint density at radius 3 is 2.37 bits per heavy atom. The van der Waals surface area contributed by atoms with Crippen molar-refractivity contribution in [2.45, 2.75) is 32.9 Å². The van der Waals surface area contributed by atoms with E-state index < -0.39 is 9.84 Å². The molecular weight excluding hydrogens is 380 g/mol. The average Bonchev–Trinajstić information content (AvgIpc) is 3.31. The van der Waals surface area contributed by atoms with Gasteiger partial charge in [-0.1, -0.05) is 18.2 Å². The van der Waals surface area contributed by atoms with E-state index in [1.54, 1.807) is 11.0 Å². The minimum Gasteiger partial charge on any atom is -0.372 e. The van der Waals surface area contributed by atoms with E-state index in [1.807, 2.05) is 23.6 Å². The molecule has 7 heteroatoms. The van der Waals surface area contributed by atoms with Gasteiger partial charge < -0.3 is 9.80 Å². The highest BCUT2D eigenvalue weighted by Gasteiger charge is 2.35. The number of carbonyl (C=O) groups is 1. The first-order valence-corrected chi connectivity index (χ1v) is 12.0. The summed E-state index contributed by atoms with van der Waals surface area (Å²) in [5.74, 6) is 0.133. The molecule has 27 heavy (non-hydrogen) atoms. The van der Waals surface area contributed by atoms with Crippen molar-refractivity contribution in [1.29, 1.82) is 0 Å². The molecule has 5 nitrogen and oxygen atoms in total. The summed E-state index contributed by atoms with van der Waals surface area (Å²) in [5, 5.41) is 1.87. The molecule has 2 heterocycles. The second-order valence-corrected chi connectivity index (χ2v) is 9.98. The predicted molar refractivity (Wildman–Crippen MR) is 111 cm³/mol. The first kappa shape index (κ1) is 19.9. The van der Waals surface area contributed by atoms with E-state index >= 15 is 0 Å². The summed E-state index contributed by atoms with van der Waals surface area (Å²) >= 11 is 1.39. The van der Waals surface area contributed by atoms with E-state index in [0.717, 1.165) is 24.3 Å². The number of benzene rings is 1. The SMILES string of the molecule is CCN(CC)c1ccc(CN(C(=O)c2cccs2)[C@H]2CCS(=O)(=O)C2)cc1. The molecule has 0 radical (unpaired) electrons. The fraction of sp³-hybridized carbons (Fsp3) is 0.450. The third-order valence-electron chi connectivity index (χ3n) is 5.06. The molecule has 1 amide bonds. The molecule has 2 aromatic rings. The highest BCUT2D eigenvalue weighted by Crippen LogP contribution is 2.24. The Morgan fingerprint density at radius 1 is 1.15 bits per heavy atom. The van der Waals surface area contributed by atoms with Crippen molar-refractivity contribution in [1.82, 2.24) is 4.90 Å². The van der Waals surface area contributed by atoms with E-state index in [1.165, 1.54) is 11.3 Å². The molecule has 1 aromatic heterocycles. The number of anilines is 1. The standard InChI is InChI=1S/C20H26N2O3S2/c1-3-21(4-2)17-9-7-16(8-10-17)14-22(18-11-13-27(24,25)15-18)20(23)19-6-5-12-26-19/h5-10,12,18H,3-4,11,13-15H2,1-2H3/t18-/m0/s1. The lowest BCUT2D eigenvalue weighted by molar-refractivity contribution is 0.0686. The van der Waals surface area contributed by atoms with Crippen LogP contribution in [0.15, 0.2) is 41.8 Å². The van der Waals surface area contributed by atoms with Gasteiger partial charge in [-0.05, 0) is 49.4 Å². The average molecular weight is 407 g/mol. The van der Waals surface area contributed by atoms with Crippen molar-refractivity contribution in [2.24, 2.45) is 0 Å². The molecule has 0 unspecified atom stereocenters. The van der Waals surface area contributed by atoms with Crippen LogP contribution in [-0.4, -0.2) is 49.9 Å². The molecule has 0 bridgehead atoms. The molecule has 1 saturated heterocycles. The number of amides is 1. The summed E-state index contributed by atoms with van der Waals surface area (Å²) in [4.78, 5) is 17.7. The second-order valence-electron chi connectivity index (χ2n) is 6.81. The Hall–Kier alpha value is -1.86. The van der Waals surface area contributed by atoms with Crippen molar-refractivity contribution >= 4 is 32.8 Å². The zero-order chi connectivity index (χ0) is 19.4. The number of rotatable bonds is 7. The quantitative estimate of drug-likeness (QED) is 0.707.